The van der Waals surface area contributed by atoms with Gasteiger partial charge in [-0.3, -0.25) is 4.72 Å². The lowest BCUT2D eigenvalue weighted by molar-refractivity contribution is 0.607. The first-order chi connectivity index (χ1) is 12.9. The van der Waals surface area contributed by atoms with Gasteiger partial charge in [0, 0.05) is 10.6 Å². The number of rotatable bonds is 3. The lowest BCUT2D eigenvalue weighted by Crippen LogP contribution is -2.09. The van der Waals surface area contributed by atoms with E-state index in [0.717, 1.165) is 24.8 Å². The SMILES string of the molecule is CC1C=CC2=C(CCc3sccc3/C2=C/c2cccc(NS(C)(=O)=O)c2)C1. The van der Waals surface area contributed by atoms with Crippen LogP contribution in [0.5, 0.6) is 0 Å². The highest BCUT2D eigenvalue weighted by molar-refractivity contribution is 7.92. The van der Waals surface area contributed by atoms with Crippen LogP contribution in [0.25, 0.3) is 11.6 Å². The standard InChI is InChI=1S/C22H23NO2S2/c1-15-6-8-19-17(12-15)7-9-22-20(10-11-26-22)21(19)14-16-4-3-5-18(13-16)23-27(2,24)25/h3-6,8,10-11,13-15,23H,7,9,12H2,1-2H3/b21-14+. The van der Waals surface area contributed by atoms with Crippen LogP contribution in [0.2, 0.25) is 0 Å². The van der Waals surface area contributed by atoms with Gasteiger partial charge in [-0.05, 0) is 77.1 Å². The van der Waals surface area contributed by atoms with Gasteiger partial charge in [0.1, 0.15) is 0 Å². The fourth-order valence-corrected chi connectivity index (χ4v) is 5.32. The van der Waals surface area contributed by atoms with Gasteiger partial charge in [-0.25, -0.2) is 8.42 Å². The highest BCUT2D eigenvalue weighted by atomic mass is 32.2. The Morgan fingerprint density at radius 3 is 2.89 bits per heavy atom. The second-order valence-electron chi connectivity index (χ2n) is 7.37. The molecular weight excluding hydrogens is 374 g/mol. The van der Waals surface area contributed by atoms with Gasteiger partial charge in [0.2, 0.25) is 10.0 Å². The summed E-state index contributed by atoms with van der Waals surface area (Å²) in [7, 11) is -3.29. The van der Waals surface area contributed by atoms with Gasteiger partial charge in [-0.1, -0.05) is 36.8 Å². The summed E-state index contributed by atoms with van der Waals surface area (Å²) in [6.45, 7) is 2.27. The van der Waals surface area contributed by atoms with Crippen LogP contribution in [-0.2, 0) is 16.4 Å². The number of allylic oxidation sites excluding steroid dienone is 5. The van der Waals surface area contributed by atoms with E-state index in [1.807, 2.05) is 29.5 Å². The second-order valence-corrected chi connectivity index (χ2v) is 10.1. The molecule has 0 spiro atoms. The van der Waals surface area contributed by atoms with E-state index in [-0.39, 0.29) is 0 Å². The molecule has 2 aromatic rings. The van der Waals surface area contributed by atoms with Crippen LogP contribution in [0.15, 0.2) is 59.0 Å². The van der Waals surface area contributed by atoms with Crippen LogP contribution in [-0.4, -0.2) is 14.7 Å². The van der Waals surface area contributed by atoms with Crippen molar-refractivity contribution in [2.45, 2.75) is 26.2 Å². The van der Waals surface area contributed by atoms with Crippen molar-refractivity contribution in [3.05, 3.63) is 75.0 Å². The van der Waals surface area contributed by atoms with Gasteiger partial charge < -0.3 is 0 Å². The van der Waals surface area contributed by atoms with E-state index >= 15 is 0 Å². The van der Waals surface area contributed by atoms with Gasteiger partial charge in [0.05, 0.1) is 6.26 Å². The average molecular weight is 398 g/mol. The molecule has 1 aromatic carbocycles. The minimum Gasteiger partial charge on any atom is -0.284 e. The highest BCUT2D eigenvalue weighted by Gasteiger charge is 2.23. The molecular formula is C22H23NO2S2. The van der Waals surface area contributed by atoms with Gasteiger partial charge in [-0.2, -0.15) is 0 Å². The molecule has 1 unspecified atom stereocenters. The highest BCUT2D eigenvalue weighted by Crippen LogP contribution is 2.42. The molecule has 1 heterocycles. The van der Waals surface area contributed by atoms with Crippen molar-refractivity contribution in [2.75, 3.05) is 11.0 Å². The van der Waals surface area contributed by atoms with Gasteiger partial charge >= 0.3 is 0 Å². The Balaban J connectivity index is 1.81. The Hall–Kier alpha value is -2.11. The van der Waals surface area contributed by atoms with Crippen molar-refractivity contribution < 1.29 is 8.42 Å². The summed E-state index contributed by atoms with van der Waals surface area (Å²) >= 11 is 1.83. The fraction of sp³-hybridized carbons (Fsp3) is 0.273. The minimum atomic E-state index is -3.29. The third-order valence-electron chi connectivity index (χ3n) is 5.02. The summed E-state index contributed by atoms with van der Waals surface area (Å²) in [6, 6.07) is 9.79. The molecule has 0 fully saturated rings. The minimum absolute atomic E-state index is 0.587. The number of fused-ring (bicyclic) bond motifs is 1. The molecule has 2 aliphatic rings. The molecule has 2 aliphatic carbocycles. The first kappa shape index (κ1) is 18.3. The monoisotopic (exact) mass is 397 g/mol. The zero-order valence-electron chi connectivity index (χ0n) is 15.5. The van der Waals surface area contributed by atoms with Crippen molar-refractivity contribution >= 4 is 38.7 Å². The third-order valence-corrected chi connectivity index (χ3v) is 6.61. The fourth-order valence-electron chi connectivity index (χ4n) is 3.87. The zero-order chi connectivity index (χ0) is 19.0. The molecule has 0 aliphatic heterocycles. The second kappa shape index (κ2) is 7.13. The maximum atomic E-state index is 11.6. The number of hydrogen-bond acceptors (Lipinski definition) is 3. The van der Waals surface area contributed by atoms with Crippen molar-refractivity contribution in [1.82, 2.24) is 0 Å². The quantitative estimate of drug-likeness (QED) is 0.743. The maximum Gasteiger partial charge on any atom is 0.229 e. The Kier molecular flexibility index (Phi) is 4.82. The molecule has 1 atom stereocenters. The van der Waals surface area contributed by atoms with Crippen LogP contribution in [0.3, 0.4) is 0 Å². The maximum absolute atomic E-state index is 11.6. The number of benzene rings is 1. The summed E-state index contributed by atoms with van der Waals surface area (Å²) in [5, 5.41) is 2.17. The Morgan fingerprint density at radius 2 is 2.07 bits per heavy atom. The van der Waals surface area contributed by atoms with Crippen LogP contribution >= 0.6 is 11.3 Å². The van der Waals surface area contributed by atoms with Crippen molar-refractivity contribution in [1.29, 1.82) is 0 Å². The molecule has 0 bridgehead atoms. The lowest BCUT2D eigenvalue weighted by Gasteiger charge is -2.20. The number of sulfonamides is 1. The van der Waals surface area contributed by atoms with E-state index in [1.165, 1.54) is 33.4 Å². The number of nitrogens with one attached hydrogen (secondary N) is 1. The topological polar surface area (TPSA) is 46.2 Å². The number of aryl methyl sites for hydroxylation is 1. The molecule has 1 aromatic heterocycles. The molecule has 1 N–H and O–H groups in total. The largest absolute Gasteiger partial charge is 0.284 e. The molecule has 5 heteroatoms. The van der Waals surface area contributed by atoms with E-state index in [0.29, 0.717) is 11.6 Å². The van der Waals surface area contributed by atoms with Crippen LogP contribution < -0.4 is 4.72 Å². The van der Waals surface area contributed by atoms with E-state index in [9.17, 15) is 8.42 Å². The van der Waals surface area contributed by atoms with Gasteiger partial charge in [0.25, 0.3) is 0 Å². The summed E-state index contributed by atoms with van der Waals surface area (Å²) in [5.74, 6) is 0.587. The van der Waals surface area contributed by atoms with Crippen LogP contribution in [0.4, 0.5) is 5.69 Å². The van der Waals surface area contributed by atoms with Crippen molar-refractivity contribution in [2.24, 2.45) is 5.92 Å². The molecule has 0 amide bonds. The van der Waals surface area contributed by atoms with Gasteiger partial charge in [0.15, 0.2) is 0 Å². The molecule has 0 radical (unpaired) electrons. The Morgan fingerprint density at radius 1 is 1.22 bits per heavy atom. The lowest BCUT2D eigenvalue weighted by atomic mass is 9.85. The Bertz CT molecular complexity index is 1070. The van der Waals surface area contributed by atoms with E-state index < -0.39 is 10.0 Å². The first-order valence-electron chi connectivity index (χ1n) is 9.16. The molecule has 4 rings (SSSR count). The molecule has 27 heavy (non-hydrogen) atoms. The van der Waals surface area contributed by atoms with E-state index in [4.69, 9.17) is 0 Å². The van der Waals surface area contributed by atoms with Gasteiger partial charge in [-0.15, -0.1) is 11.3 Å². The zero-order valence-corrected chi connectivity index (χ0v) is 17.2. The van der Waals surface area contributed by atoms with Crippen molar-refractivity contribution in [3.8, 4) is 0 Å². The normalized spacial score (nSPS) is 21.0. The average Bonchev–Trinajstić information content (AvgIpc) is 3.00. The van der Waals surface area contributed by atoms with E-state index in [2.05, 4.69) is 41.3 Å². The first-order valence-corrected chi connectivity index (χ1v) is 11.9. The van der Waals surface area contributed by atoms with E-state index in [1.54, 1.807) is 6.07 Å². The van der Waals surface area contributed by atoms with Crippen molar-refractivity contribution in [3.63, 3.8) is 0 Å². The summed E-state index contributed by atoms with van der Waals surface area (Å²) in [5.41, 5.74) is 7.02. The molecule has 3 nitrogen and oxygen atoms in total. The number of anilines is 1. The Labute approximate surface area is 165 Å². The van der Waals surface area contributed by atoms with Crippen LogP contribution in [0, 0.1) is 5.92 Å². The predicted octanol–water partition coefficient (Wildman–Crippen LogP) is 5.50. The molecule has 0 saturated carbocycles. The number of hydrogen-bond donors (Lipinski definition) is 1. The number of thiophene rings is 1. The predicted molar refractivity (Wildman–Crippen MR) is 115 cm³/mol. The van der Waals surface area contributed by atoms with Crippen LogP contribution in [0.1, 0.15) is 35.8 Å². The molecule has 140 valence electrons. The smallest absolute Gasteiger partial charge is 0.229 e. The molecule has 0 saturated heterocycles. The third kappa shape index (κ3) is 4.09. The summed E-state index contributed by atoms with van der Waals surface area (Å²) in [4.78, 5) is 1.43. The summed E-state index contributed by atoms with van der Waals surface area (Å²) in [6.07, 6.45) is 11.3. The summed E-state index contributed by atoms with van der Waals surface area (Å²) < 4.78 is 25.7.